The van der Waals surface area contributed by atoms with Crippen molar-refractivity contribution < 1.29 is 9.53 Å². The standard InChI is InChI=1S/C20H26N2O2S/c1-15-6-7-19(24-10-9-21)18(12-15)20(23)22(17-4-2-3-5-17)13-16-8-11-25-14-16/h6-8,11-12,14,17H,2-5,9-10,13,21H2,1H3. The molecular weight excluding hydrogens is 332 g/mol. The van der Waals surface area contributed by atoms with E-state index in [4.69, 9.17) is 10.5 Å². The van der Waals surface area contributed by atoms with Gasteiger partial charge in [0.25, 0.3) is 5.91 Å². The van der Waals surface area contributed by atoms with Crippen LogP contribution < -0.4 is 10.5 Å². The van der Waals surface area contributed by atoms with Gasteiger partial charge in [-0.1, -0.05) is 24.5 Å². The molecule has 5 heteroatoms. The summed E-state index contributed by atoms with van der Waals surface area (Å²) in [5.41, 5.74) is 8.47. The van der Waals surface area contributed by atoms with Crippen molar-refractivity contribution in [3.8, 4) is 5.75 Å². The average molecular weight is 359 g/mol. The highest BCUT2D eigenvalue weighted by atomic mass is 32.1. The lowest BCUT2D eigenvalue weighted by Gasteiger charge is -2.29. The van der Waals surface area contributed by atoms with Crippen LogP contribution in [0.1, 0.15) is 47.2 Å². The van der Waals surface area contributed by atoms with Crippen molar-refractivity contribution in [3.05, 3.63) is 51.7 Å². The molecule has 1 heterocycles. The molecule has 0 saturated heterocycles. The number of nitrogens with zero attached hydrogens (tertiary/aromatic N) is 1. The summed E-state index contributed by atoms with van der Waals surface area (Å²) in [4.78, 5) is 15.5. The third-order valence-corrected chi connectivity index (χ3v) is 5.43. The highest BCUT2D eigenvalue weighted by Gasteiger charge is 2.29. The van der Waals surface area contributed by atoms with E-state index in [1.807, 2.05) is 30.0 Å². The van der Waals surface area contributed by atoms with E-state index in [-0.39, 0.29) is 5.91 Å². The van der Waals surface area contributed by atoms with Crippen molar-refractivity contribution in [1.29, 1.82) is 0 Å². The molecule has 3 rings (SSSR count). The number of carbonyl (C=O) groups is 1. The molecule has 1 amide bonds. The topological polar surface area (TPSA) is 55.6 Å². The Balaban J connectivity index is 1.89. The van der Waals surface area contributed by atoms with Crippen LogP contribution in [0.4, 0.5) is 0 Å². The molecule has 1 aromatic heterocycles. The molecule has 1 fully saturated rings. The van der Waals surface area contributed by atoms with Gasteiger partial charge in [-0.15, -0.1) is 0 Å². The zero-order valence-electron chi connectivity index (χ0n) is 14.7. The van der Waals surface area contributed by atoms with E-state index in [2.05, 4.69) is 16.8 Å². The van der Waals surface area contributed by atoms with E-state index < -0.39 is 0 Å². The Morgan fingerprint density at radius 2 is 2.12 bits per heavy atom. The van der Waals surface area contributed by atoms with Crippen LogP contribution in [0.2, 0.25) is 0 Å². The van der Waals surface area contributed by atoms with Crippen LogP contribution in [-0.2, 0) is 6.54 Å². The van der Waals surface area contributed by atoms with Crippen molar-refractivity contribution in [2.75, 3.05) is 13.2 Å². The zero-order chi connectivity index (χ0) is 17.6. The summed E-state index contributed by atoms with van der Waals surface area (Å²) < 4.78 is 5.74. The minimum atomic E-state index is 0.0637. The molecular formula is C20H26N2O2S. The number of thiophene rings is 1. The van der Waals surface area contributed by atoms with Gasteiger partial charge in [0.15, 0.2) is 0 Å². The Morgan fingerprint density at radius 3 is 2.80 bits per heavy atom. The highest BCUT2D eigenvalue weighted by molar-refractivity contribution is 7.07. The number of nitrogens with two attached hydrogens (primary N) is 1. The Labute approximate surface area is 153 Å². The summed E-state index contributed by atoms with van der Waals surface area (Å²) in [5, 5.41) is 4.19. The molecule has 0 radical (unpaired) electrons. The molecule has 1 aliphatic rings. The van der Waals surface area contributed by atoms with Crippen LogP contribution in [0.3, 0.4) is 0 Å². The van der Waals surface area contributed by atoms with Gasteiger partial charge in [-0.3, -0.25) is 4.79 Å². The van der Waals surface area contributed by atoms with Gasteiger partial charge < -0.3 is 15.4 Å². The minimum Gasteiger partial charge on any atom is -0.491 e. The lowest BCUT2D eigenvalue weighted by Crippen LogP contribution is -2.38. The fraction of sp³-hybridized carbons (Fsp3) is 0.450. The molecule has 1 aliphatic carbocycles. The highest BCUT2D eigenvalue weighted by Crippen LogP contribution is 2.29. The quantitative estimate of drug-likeness (QED) is 0.814. The van der Waals surface area contributed by atoms with Gasteiger partial charge in [-0.05, 0) is 54.3 Å². The van der Waals surface area contributed by atoms with Gasteiger partial charge in [0.1, 0.15) is 12.4 Å². The van der Waals surface area contributed by atoms with Crippen molar-refractivity contribution in [3.63, 3.8) is 0 Å². The maximum Gasteiger partial charge on any atom is 0.258 e. The number of aryl methyl sites for hydroxylation is 1. The molecule has 134 valence electrons. The fourth-order valence-electron chi connectivity index (χ4n) is 3.42. The predicted octanol–water partition coefficient (Wildman–Crippen LogP) is 3.98. The van der Waals surface area contributed by atoms with E-state index >= 15 is 0 Å². The van der Waals surface area contributed by atoms with E-state index in [0.29, 0.717) is 37.1 Å². The number of amides is 1. The molecule has 1 saturated carbocycles. The van der Waals surface area contributed by atoms with E-state index in [1.54, 1.807) is 11.3 Å². The Bertz CT molecular complexity index is 694. The molecule has 0 spiro atoms. The van der Waals surface area contributed by atoms with Crippen molar-refractivity contribution in [1.82, 2.24) is 4.90 Å². The second kappa shape index (κ2) is 8.50. The Kier molecular flexibility index (Phi) is 6.10. The first-order valence-electron chi connectivity index (χ1n) is 8.94. The van der Waals surface area contributed by atoms with Gasteiger partial charge >= 0.3 is 0 Å². The minimum absolute atomic E-state index is 0.0637. The fourth-order valence-corrected chi connectivity index (χ4v) is 4.08. The number of benzene rings is 1. The number of carbonyl (C=O) groups excluding carboxylic acids is 1. The monoisotopic (exact) mass is 358 g/mol. The lowest BCUT2D eigenvalue weighted by molar-refractivity contribution is 0.0660. The molecule has 0 unspecified atom stereocenters. The van der Waals surface area contributed by atoms with Crippen molar-refractivity contribution in [2.24, 2.45) is 5.73 Å². The number of ether oxygens (including phenoxy) is 1. The molecule has 0 bridgehead atoms. The van der Waals surface area contributed by atoms with Crippen LogP contribution in [0.25, 0.3) is 0 Å². The molecule has 25 heavy (non-hydrogen) atoms. The number of hydrogen-bond acceptors (Lipinski definition) is 4. The number of hydrogen-bond donors (Lipinski definition) is 1. The molecule has 1 aromatic carbocycles. The molecule has 0 aliphatic heterocycles. The van der Waals surface area contributed by atoms with Gasteiger partial charge in [0.2, 0.25) is 0 Å². The summed E-state index contributed by atoms with van der Waals surface area (Å²) in [6.45, 7) is 3.51. The van der Waals surface area contributed by atoms with Gasteiger partial charge in [0, 0.05) is 19.1 Å². The average Bonchev–Trinajstić information content (AvgIpc) is 3.31. The second-order valence-electron chi connectivity index (χ2n) is 6.64. The summed E-state index contributed by atoms with van der Waals surface area (Å²) in [7, 11) is 0. The Hall–Kier alpha value is -1.85. The van der Waals surface area contributed by atoms with Crippen LogP contribution in [0.5, 0.6) is 5.75 Å². The first-order chi connectivity index (χ1) is 12.2. The van der Waals surface area contributed by atoms with Crippen LogP contribution in [0.15, 0.2) is 35.0 Å². The van der Waals surface area contributed by atoms with E-state index in [1.165, 1.54) is 18.4 Å². The largest absolute Gasteiger partial charge is 0.491 e. The predicted molar refractivity (Wildman–Crippen MR) is 102 cm³/mol. The summed E-state index contributed by atoms with van der Waals surface area (Å²) in [6, 6.07) is 8.21. The first-order valence-corrected chi connectivity index (χ1v) is 9.89. The normalized spacial score (nSPS) is 14.6. The first kappa shape index (κ1) is 18.0. The Morgan fingerprint density at radius 1 is 1.32 bits per heavy atom. The summed E-state index contributed by atoms with van der Waals surface area (Å²) in [5.74, 6) is 0.697. The smallest absolute Gasteiger partial charge is 0.258 e. The van der Waals surface area contributed by atoms with Gasteiger partial charge in [-0.2, -0.15) is 11.3 Å². The molecule has 4 nitrogen and oxygen atoms in total. The SMILES string of the molecule is Cc1ccc(OCCN)c(C(=O)N(Cc2ccsc2)C2CCCC2)c1. The van der Waals surface area contributed by atoms with Crippen LogP contribution >= 0.6 is 11.3 Å². The second-order valence-corrected chi connectivity index (χ2v) is 7.42. The van der Waals surface area contributed by atoms with Crippen LogP contribution in [0, 0.1) is 6.92 Å². The number of rotatable bonds is 7. The molecule has 0 atom stereocenters. The molecule has 2 N–H and O–H groups in total. The summed E-state index contributed by atoms with van der Waals surface area (Å²) in [6.07, 6.45) is 4.56. The third-order valence-electron chi connectivity index (χ3n) is 4.70. The van der Waals surface area contributed by atoms with Crippen LogP contribution in [-0.4, -0.2) is 30.0 Å². The maximum absolute atomic E-state index is 13.4. The van der Waals surface area contributed by atoms with Gasteiger partial charge in [-0.25, -0.2) is 0 Å². The lowest BCUT2D eigenvalue weighted by atomic mass is 10.1. The maximum atomic E-state index is 13.4. The van der Waals surface area contributed by atoms with Gasteiger partial charge in [0.05, 0.1) is 5.56 Å². The van der Waals surface area contributed by atoms with E-state index in [9.17, 15) is 4.79 Å². The van der Waals surface area contributed by atoms with Crippen molar-refractivity contribution in [2.45, 2.75) is 45.2 Å². The summed E-state index contributed by atoms with van der Waals surface area (Å²) >= 11 is 1.67. The van der Waals surface area contributed by atoms with E-state index in [0.717, 1.165) is 18.4 Å². The van der Waals surface area contributed by atoms with Crippen molar-refractivity contribution >= 4 is 17.2 Å². The third kappa shape index (κ3) is 4.41. The zero-order valence-corrected chi connectivity index (χ0v) is 15.6. The molecule has 2 aromatic rings.